The highest BCUT2D eigenvalue weighted by atomic mass is 31.2. The summed E-state index contributed by atoms with van der Waals surface area (Å²) in [4.78, 5) is 12.1. The molecule has 0 bridgehead atoms. The lowest BCUT2D eigenvalue weighted by Crippen LogP contribution is -2.38. The third-order valence-electron chi connectivity index (χ3n) is 4.28. The second kappa shape index (κ2) is 10.5. The highest BCUT2D eigenvalue weighted by molar-refractivity contribution is 7.52. The molecule has 0 aromatic heterocycles. The Bertz CT molecular complexity index is 701. The third kappa shape index (κ3) is 6.77. The van der Waals surface area contributed by atoms with E-state index in [-0.39, 0.29) is 12.7 Å². The lowest BCUT2D eigenvalue weighted by Gasteiger charge is -2.25. The van der Waals surface area contributed by atoms with Crippen LogP contribution in [0.3, 0.4) is 0 Å². The van der Waals surface area contributed by atoms with Crippen LogP contribution in [-0.2, 0) is 28.1 Å². The van der Waals surface area contributed by atoms with Gasteiger partial charge >= 0.3 is 13.7 Å². The van der Waals surface area contributed by atoms with Crippen LogP contribution in [0.1, 0.15) is 27.7 Å². The van der Waals surface area contributed by atoms with Crippen molar-refractivity contribution >= 4 is 13.7 Å². The topological polar surface area (TPSA) is 113 Å². The molecule has 6 atom stereocenters. The Morgan fingerprint density at radius 2 is 1.93 bits per heavy atom. The molecular formula is C19H30NO8P. The highest BCUT2D eigenvalue weighted by Crippen LogP contribution is 2.45. The number of benzene rings is 1. The maximum Gasteiger partial charge on any atom is 0.459 e. The fourth-order valence-electron chi connectivity index (χ4n) is 2.85. The maximum atomic E-state index is 13.4. The van der Waals surface area contributed by atoms with Crippen LogP contribution in [0, 0.1) is 0 Å². The average Bonchev–Trinajstić information content (AvgIpc) is 2.93. The second-order valence-corrected chi connectivity index (χ2v) is 8.80. The van der Waals surface area contributed by atoms with Crippen LogP contribution in [0.25, 0.3) is 0 Å². The molecule has 1 fully saturated rings. The van der Waals surface area contributed by atoms with Crippen molar-refractivity contribution in [1.29, 1.82) is 0 Å². The quantitative estimate of drug-likeness (QED) is 0.425. The summed E-state index contributed by atoms with van der Waals surface area (Å²) < 4.78 is 40.6. The van der Waals surface area contributed by atoms with E-state index in [1.807, 2.05) is 0 Å². The fourth-order valence-corrected chi connectivity index (χ4v) is 4.35. The molecule has 0 saturated carbocycles. The number of aliphatic hydroxyl groups is 1. The molecule has 29 heavy (non-hydrogen) atoms. The summed E-state index contributed by atoms with van der Waals surface area (Å²) in [5, 5.41) is 12.7. The van der Waals surface area contributed by atoms with E-state index in [2.05, 4.69) is 5.09 Å². The summed E-state index contributed by atoms with van der Waals surface area (Å²) in [6, 6.07) is 7.51. The number of aliphatic hydroxyl groups excluding tert-OH is 1. The number of carbonyl (C=O) groups is 1. The number of hydrogen-bond acceptors (Lipinski definition) is 8. The minimum atomic E-state index is -3.99. The van der Waals surface area contributed by atoms with Crippen molar-refractivity contribution < 1.29 is 37.7 Å². The van der Waals surface area contributed by atoms with Crippen LogP contribution in [0.2, 0.25) is 0 Å². The fraction of sp³-hybridized carbons (Fsp3) is 0.632. The summed E-state index contributed by atoms with van der Waals surface area (Å²) in [7, 11) is -2.54. The summed E-state index contributed by atoms with van der Waals surface area (Å²) in [6.07, 6.45) is -2.91. The Morgan fingerprint density at radius 3 is 2.52 bits per heavy atom. The number of ether oxygens (including phenoxy) is 3. The van der Waals surface area contributed by atoms with Crippen molar-refractivity contribution in [2.24, 2.45) is 0 Å². The van der Waals surface area contributed by atoms with Gasteiger partial charge in [-0.1, -0.05) is 18.2 Å². The first-order valence-corrected chi connectivity index (χ1v) is 11.0. The Morgan fingerprint density at radius 1 is 1.28 bits per heavy atom. The van der Waals surface area contributed by atoms with Gasteiger partial charge in [0.1, 0.15) is 30.1 Å². The van der Waals surface area contributed by atoms with Gasteiger partial charge in [-0.05, 0) is 39.8 Å². The molecule has 2 N–H and O–H groups in total. The first-order chi connectivity index (χ1) is 13.6. The predicted molar refractivity (Wildman–Crippen MR) is 106 cm³/mol. The number of hydrogen-bond donors (Lipinski definition) is 2. The zero-order valence-corrected chi connectivity index (χ0v) is 18.2. The van der Waals surface area contributed by atoms with Gasteiger partial charge in [0, 0.05) is 7.11 Å². The lowest BCUT2D eigenvalue weighted by molar-refractivity contribution is -0.149. The minimum absolute atomic E-state index is 0.178. The first kappa shape index (κ1) is 23.8. The number of nitrogens with one attached hydrogen (secondary N) is 1. The Kier molecular flexibility index (Phi) is 8.63. The molecule has 1 heterocycles. The largest absolute Gasteiger partial charge is 0.462 e. The van der Waals surface area contributed by atoms with Crippen molar-refractivity contribution in [3.05, 3.63) is 30.3 Å². The Balaban J connectivity index is 2.12. The van der Waals surface area contributed by atoms with Gasteiger partial charge < -0.3 is 23.8 Å². The smallest absolute Gasteiger partial charge is 0.459 e. The van der Waals surface area contributed by atoms with Gasteiger partial charge in [-0.3, -0.25) is 9.32 Å². The van der Waals surface area contributed by atoms with Crippen molar-refractivity contribution in [2.45, 2.75) is 64.3 Å². The van der Waals surface area contributed by atoms with E-state index in [4.69, 9.17) is 23.3 Å². The zero-order valence-electron chi connectivity index (χ0n) is 17.3. The molecule has 0 amide bonds. The van der Waals surface area contributed by atoms with E-state index in [1.165, 1.54) is 14.0 Å². The standard InChI is InChI=1S/C19H30NO8P/c1-12(2)26-19(22)13(3)20-29(23,28-15-9-7-6-8-10-15)25-11-16-18(24-5)17(21)14(4)27-16/h6-10,12-14,16-18,21H,11H2,1-5H3,(H,20,23)/t13-,14-,16+,17?,18-,29?/m0/s1. The van der Waals surface area contributed by atoms with E-state index in [0.29, 0.717) is 5.75 Å². The van der Waals surface area contributed by atoms with Crippen LogP contribution in [0.4, 0.5) is 0 Å². The normalized spacial score (nSPS) is 27.4. The van der Waals surface area contributed by atoms with Crippen LogP contribution < -0.4 is 9.61 Å². The van der Waals surface area contributed by atoms with Gasteiger partial charge in [-0.15, -0.1) is 0 Å². The first-order valence-electron chi connectivity index (χ1n) is 9.49. The highest BCUT2D eigenvalue weighted by Gasteiger charge is 2.43. The van der Waals surface area contributed by atoms with E-state index < -0.39 is 44.2 Å². The summed E-state index contributed by atoms with van der Waals surface area (Å²) >= 11 is 0. The number of carbonyl (C=O) groups excluding carboxylic acids is 1. The van der Waals surface area contributed by atoms with Crippen molar-refractivity contribution in [3.8, 4) is 5.75 Å². The summed E-state index contributed by atoms with van der Waals surface area (Å²) in [5.74, 6) is -0.284. The number of para-hydroxylation sites is 1. The third-order valence-corrected chi connectivity index (χ3v) is 5.92. The van der Waals surface area contributed by atoms with Crippen LogP contribution in [0.15, 0.2) is 30.3 Å². The van der Waals surface area contributed by atoms with E-state index in [0.717, 1.165) is 0 Å². The molecule has 1 saturated heterocycles. The molecule has 0 spiro atoms. The predicted octanol–water partition coefficient (Wildman–Crippen LogP) is 2.28. The number of esters is 1. The van der Waals surface area contributed by atoms with Crippen molar-refractivity contribution in [2.75, 3.05) is 13.7 Å². The molecule has 0 radical (unpaired) electrons. The Labute approximate surface area is 171 Å². The molecule has 10 heteroatoms. The molecule has 1 aliphatic rings. The maximum absolute atomic E-state index is 13.4. The van der Waals surface area contributed by atoms with Gasteiger partial charge in [0.25, 0.3) is 0 Å². The molecule has 2 unspecified atom stereocenters. The van der Waals surface area contributed by atoms with Gasteiger partial charge in [0.15, 0.2) is 0 Å². The van der Waals surface area contributed by atoms with E-state index in [9.17, 15) is 14.5 Å². The minimum Gasteiger partial charge on any atom is -0.462 e. The average molecular weight is 431 g/mol. The molecule has 1 aliphatic heterocycles. The lowest BCUT2D eigenvalue weighted by atomic mass is 10.1. The summed E-state index contributed by atoms with van der Waals surface area (Å²) in [5.41, 5.74) is 0. The second-order valence-electron chi connectivity index (χ2n) is 7.10. The van der Waals surface area contributed by atoms with Gasteiger partial charge in [-0.25, -0.2) is 4.57 Å². The van der Waals surface area contributed by atoms with Gasteiger partial charge in [-0.2, -0.15) is 5.09 Å². The van der Waals surface area contributed by atoms with E-state index >= 15 is 0 Å². The van der Waals surface area contributed by atoms with Crippen LogP contribution in [0.5, 0.6) is 5.75 Å². The Hall–Kier alpha value is -1.48. The number of methoxy groups -OCH3 is 1. The van der Waals surface area contributed by atoms with Crippen molar-refractivity contribution in [1.82, 2.24) is 5.09 Å². The molecule has 0 aliphatic carbocycles. The molecule has 1 aromatic rings. The molecular weight excluding hydrogens is 401 g/mol. The molecule has 1 aromatic carbocycles. The SMILES string of the molecule is CO[C@@H]1C(O)[C@H](C)O[C@@H]1COP(=O)(N[C@@H](C)C(=O)OC(C)C)Oc1ccccc1. The molecule has 9 nitrogen and oxygen atoms in total. The molecule has 164 valence electrons. The van der Waals surface area contributed by atoms with Gasteiger partial charge in [0.05, 0.1) is 18.8 Å². The zero-order chi connectivity index (χ0) is 21.6. The number of rotatable bonds is 10. The van der Waals surface area contributed by atoms with Crippen LogP contribution in [-0.4, -0.2) is 61.4 Å². The van der Waals surface area contributed by atoms with E-state index in [1.54, 1.807) is 51.1 Å². The van der Waals surface area contributed by atoms with Crippen molar-refractivity contribution in [3.63, 3.8) is 0 Å². The monoisotopic (exact) mass is 431 g/mol. The summed E-state index contributed by atoms with van der Waals surface area (Å²) in [6.45, 7) is 6.47. The van der Waals surface area contributed by atoms with Gasteiger partial charge in [0.2, 0.25) is 0 Å². The molecule has 2 rings (SSSR count). The van der Waals surface area contributed by atoms with Crippen LogP contribution >= 0.6 is 7.75 Å².